The molecule has 9 N–H and O–H groups in total. The summed E-state index contributed by atoms with van der Waals surface area (Å²) < 4.78 is 0. The van der Waals surface area contributed by atoms with Crippen LogP contribution in [0.1, 0.15) is 45.6 Å². The molecule has 15 heteroatoms. The second kappa shape index (κ2) is 16.1. The molecular weight excluding hydrogens is 560 g/mol. The van der Waals surface area contributed by atoms with Gasteiger partial charge in [-0.25, -0.2) is 0 Å². The summed E-state index contributed by atoms with van der Waals surface area (Å²) in [5, 5.41) is 29.5. The van der Waals surface area contributed by atoms with Gasteiger partial charge in [-0.1, -0.05) is 44.2 Å². The first-order valence-corrected chi connectivity index (χ1v) is 14.0. The highest BCUT2D eigenvalue weighted by Crippen LogP contribution is 2.15. The van der Waals surface area contributed by atoms with Crippen molar-refractivity contribution >= 4 is 41.5 Å². The molecule has 0 radical (unpaired) electrons. The highest BCUT2D eigenvalue weighted by molar-refractivity contribution is 5.98. The molecule has 0 saturated carbocycles. The van der Waals surface area contributed by atoms with E-state index in [4.69, 9.17) is 11.1 Å². The van der Waals surface area contributed by atoms with Gasteiger partial charge < -0.3 is 42.3 Å². The third kappa shape index (κ3) is 10.9. The van der Waals surface area contributed by atoms with Crippen molar-refractivity contribution in [3.63, 3.8) is 0 Å². The van der Waals surface area contributed by atoms with Gasteiger partial charge in [-0.3, -0.25) is 34.2 Å². The molecule has 1 aliphatic rings. The minimum Gasteiger partial charge on any atom is -0.481 e. The first kappa shape index (κ1) is 34.5. The fraction of sp³-hybridized carbons (Fsp3) is 0.536. The van der Waals surface area contributed by atoms with Gasteiger partial charge in [0, 0.05) is 19.5 Å². The Morgan fingerprint density at radius 2 is 1.63 bits per heavy atom. The summed E-state index contributed by atoms with van der Waals surface area (Å²) in [6, 6.07) is 3.56. The molecule has 43 heavy (non-hydrogen) atoms. The molecular formula is C28H42N8O7. The Labute approximate surface area is 250 Å². The summed E-state index contributed by atoms with van der Waals surface area (Å²) in [5.41, 5.74) is 6.08. The van der Waals surface area contributed by atoms with E-state index in [1.807, 2.05) is 0 Å². The molecule has 1 aliphatic heterocycles. The molecule has 1 heterocycles. The van der Waals surface area contributed by atoms with E-state index in [1.165, 1.54) is 11.9 Å². The Bertz CT molecular complexity index is 1190. The van der Waals surface area contributed by atoms with Crippen LogP contribution < -0.4 is 32.3 Å². The van der Waals surface area contributed by atoms with E-state index in [-0.39, 0.29) is 24.8 Å². The summed E-state index contributed by atoms with van der Waals surface area (Å²) in [5.74, 6) is -5.74. The number of carboxylic acids is 1. The number of aliphatic carboxylic acids is 1. The Balaban J connectivity index is 2.50. The number of rotatable bonds is 9. The summed E-state index contributed by atoms with van der Waals surface area (Å²) in [6.07, 6.45) is -0.337. The lowest BCUT2D eigenvalue weighted by atomic mass is 9.98. The van der Waals surface area contributed by atoms with Crippen LogP contribution in [-0.4, -0.2) is 95.3 Å². The van der Waals surface area contributed by atoms with E-state index in [2.05, 4.69) is 26.6 Å². The van der Waals surface area contributed by atoms with Gasteiger partial charge in [-0.05, 0) is 31.2 Å². The predicted octanol–water partition coefficient (Wildman–Crippen LogP) is -1.58. The quantitative estimate of drug-likeness (QED) is 0.120. The van der Waals surface area contributed by atoms with Gasteiger partial charge in [-0.2, -0.15) is 0 Å². The predicted molar refractivity (Wildman–Crippen MR) is 156 cm³/mol. The van der Waals surface area contributed by atoms with E-state index < -0.39 is 78.6 Å². The molecule has 5 amide bonds. The van der Waals surface area contributed by atoms with Crippen LogP contribution >= 0.6 is 0 Å². The molecule has 236 valence electrons. The molecule has 5 atom stereocenters. The van der Waals surface area contributed by atoms with Crippen molar-refractivity contribution in [3.8, 4) is 0 Å². The average molecular weight is 603 g/mol. The number of amides is 5. The second-order valence-corrected chi connectivity index (χ2v) is 10.9. The van der Waals surface area contributed by atoms with Crippen LogP contribution in [-0.2, 0) is 35.2 Å². The van der Waals surface area contributed by atoms with Gasteiger partial charge in [0.15, 0.2) is 5.96 Å². The van der Waals surface area contributed by atoms with E-state index in [1.54, 1.807) is 51.1 Å². The Morgan fingerprint density at radius 1 is 1.00 bits per heavy atom. The lowest BCUT2D eigenvalue weighted by Gasteiger charge is -2.34. The molecule has 0 aliphatic carbocycles. The number of carboxylic acid groups (broad SMARTS) is 1. The van der Waals surface area contributed by atoms with Crippen LogP contribution in [0.5, 0.6) is 0 Å². The SMILES string of the molecule is CC(CC[C@@H]1NC(=O)[C@H](C(C)C)N(C)C(=O)[C@@H](Cc2ccccc2)NC(=O)[C@H](CC(=O)O)NC(=O)CNC1=O)NC(=N)N. The maximum atomic E-state index is 13.9. The Kier molecular flexibility index (Phi) is 12.9. The summed E-state index contributed by atoms with van der Waals surface area (Å²) >= 11 is 0. The lowest BCUT2D eigenvalue weighted by molar-refractivity contribution is -0.144. The molecule has 0 aromatic heterocycles. The number of nitrogens with two attached hydrogens (primary N) is 1. The van der Waals surface area contributed by atoms with Gasteiger partial charge in [0.2, 0.25) is 29.5 Å². The van der Waals surface area contributed by atoms with Crippen molar-refractivity contribution in [2.45, 2.75) is 76.7 Å². The van der Waals surface area contributed by atoms with Crippen LogP contribution in [0.2, 0.25) is 0 Å². The minimum atomic E-state index is -1.54. The van der Waals surface area contributed by atoms with Crippen LogP contribution in [0.25, 0.3) is 0 Å². The topological polar surface area (TPSA) is 236 Å². The summed E-state index contributed by atoms with van der Waals surface area (Å²) in [6.45, 7) is 4.60. The van der Waals surface area contributed by atoms with Crippen molar-refractivity contribution in [3.05, 3.63) is 35.9 Å². The van der Waals surface area contributed by atoms with E-state index in [9.17, 15) is 33.9 Å². The van der Waals surface area contributed by atoms with Crippen molar-refractivity contribution < 1.29 is 33.9 Å². The third-order valence-electron chi connectivity index (χ3n) is 6.94. The van der Waals surface area contributed by atoms with Gasteiger partial charge in [0.05, 0.1) is 13.0 Å². The molecule has 0 spiro atoms. The normalized spacial score (nSPS) is 23.2. The first-order valence-electron chi connectivity index (χ1n) is 14.0. The second-order valence-electron chi connectivity index (χ2n) is 10.9. The van der Waals surface area contributed by atoms with Gasteiger partial charge >= 0.3 is 5.97 Å². The molecule has 1 aromatic rings. The molecule has 2 rings (SSSR count). The monoisotopic (exact) mass is 602 g/mol. The fourth-order valence-electron chi connectivity index (χ4n) is 4.83. The number of hydrogen-bond donors (Lipinski definition) is 8. The number of nitrogens with zero attached hydrogens (tertiary/aromatic N) is 1. The zero-order chi connectivity index (χ0) is 32.3. The molecule has 15 nitrogen and oxygen atoms in total. The molecule has 1 unspecified atom stereocenters. The zero-order valence-electron chi connectivity index (χ0n) is 24.8. The van der Waals surface area contributed by atoms with Gasteiger partial charge in [-0.15, -0.1) is 0 Å². The number of guanidine groups is 1. The highest BCUT2D eigenvalue weighted by atomic mass is 16.4. The maximum Gasteiger partial charge on any atom is 0.305 e. The van der Waals surface area contributed by atoms with Gasteiger partial charge in [0.25, 0.3) is 0 Å². The largest absolute Gasteiger partial charge is 0.481 e. The standard InChI is InChI=1S/C28H42N8O7/c1-15(2)23-26(42)34-18(11-10-16(3)32-28(29)30)24(40)31-14-21(37)33-19(13-22(38)39)25(41)35-20(27(43)36(23)4)12-17-8-6-5-7-9-17/h5-9,15-16,18-20,23H,10-14H2,1-4H3,(H,31,40)(H,33,37)(H,34,42)(H,35,41)(H,38,39)(H4,29,30,32)/t16?,18-,19-,20+,23-/m0/s1. The third-order valence-corrected chi connectivity index (χ3v) is 6.94. The van der Waals surface area contributed by atoms with E-state index in [0.29, 0.717) is 12.0 Å². The average Bonchev–Trinajstić information content (AvgIpc) is 2.92. The smallest absolute Gasteiger partial charge is 0.305 e. The first-order chi connectivity index (χ1) is 20.2. The number of carbonyl (C=O) groups is 6. The van der Waals surface area contributed by atoms with Crippen molar-refractivity contribution in [2.24, 2.45) is 11.7 Å². The van der Waals surface area contributed by atoms with Crippen molar-refractivity contribution in [1.82, 2.24) is 31.5 Å². The lowest BCUT2D eigenvalue weighted by Crippen LogP contribution is -2.59. The van der Waals surface area contributed by atoms with Crippen molar-refractivity contribution in [2.75, 3.05) is 13.6 Å². The Hall–Kier alpha value is -4.69. The number of benzene rings is 1. The number of hydrogen-bond acceptors (Lipinski definition) is 7. The molecule has 1 fully saturated rings. The number of carbonyl (C=O) groups excluding carboxylic acids is 5. The summed E-state index contributed by atoms with van der Waals surface area (Å²) in [7, 11) is 1.42. The van der Waals surface area contributed by atoms with Crippen LogP contribution in [0.15, 0.2) is 30.3 Å². The minimum absolute atomic E-state index is 0.0274. The summed E-state index contributed by atoms with van der Waals surface area (Å²) in [4.78, 5) is 79.3. The van der Waals surface area contributed by atoms with Gasteiger partial charge in [0.1, 0.15) is 24.2 Å². The van der Waals surface area contributed by atoms with Crippen LogP contribution in [0.3, 0.4) is 0 Å². The number of nitrogens with one attached hydrogen (secondary N) is 6. The highest BCUT2D eigenvalue weighted by Gasteiger charge is 2.37. The fourth-order valence-corrected chi connectivity index (χ4v) is 4.83. The number of likely N-dealkylation sites (N-methyl/N-ethyl adjacent to an activating group) is 1. The van der Waals surface area contributed by atoms with E-state index >= 15 is 0 Å². The molecule has 0 bridgehead atoms. The van der Waals surface area contributed by atoms with Crippen molar-refractivity contribution in [1.29, 1.82) is 5.41 Å². The maximum absolute atomic E-state index is 13.9. The molecule has 1 saturated heterocycles. The van der Waals surface area contributed by atoms with Crippen LogP contribution in [0, 0.1) is 11.3 Å². The molecule has 1 aromatic carbocycles. The zero-order valence-corrected chi connectivity index (χ0v) is 24.8. The van der Waals surface area contributed by atoms with E-state index in [0.717, 1.165) is 0 Å². The van der Waals surface area contributed by atoms with Crippen LogP contribution in [0.4, 0.5) is 0 Å². The Morgan fingerprint density at radius 3 is 2.21 bits per heavy atom.